The van der Waals surface area contributed by atoms with E-state index in [1.54, 1.807) is 0 Å². The van der Waals surface area contributed by atoms with Gasteiger partial charge in [0.2, 0.25) is 5.83 Å². The van der Waals surface area contributed by atoms with Gasteiger partial charge in [0, 0.05) is 6.92 Å². The molecular formula is C6H5F5O2. The van der Waals surface area contributed by atoms with E-state index in [1.807, 2.05) is 0 Å². The number of rotatable bonds is 3. The minimum absolute atomic E-state index is 0.165. The molecule has 0 aliphatic rings. The van der Waals surface area contributed by atoms with Crippen molar-refractivity contribution < 1.29 is 31.5 Å². The summed E-state index contributed by atoms with van der Waals surface area (Å²) in [6.45, 7) is 2.14. The van der Waals surface area contributed by atoms with Gasteiger partial charge >= 0.3 is 18.0 Å². The minimum Gasteiger partial charge on any atom is -0.391 e. The van der Waals surface area contributed by atoms with Crippen LogP contribution in [0.15, 0.2) is 12.4 Å². The van der Waals surface area contributed by atoms with Crippen LogP contribution in [0.5, 0.6) is 0 Å². The van der Waals surface area contributed by atoms with Crippen LogP contribution in [0.1, 0.15) is 6.92 Å². The molecule has 13 heavy (non-hydrogen) atoms. The summed E-state index contributed by atoms with van der Waals surface area (Å²) in [6, 6.07) is 0. The van der Waals surface area contributed by atoms with Crippen molar-refractivity contribution in [3.63, 3.8) is 0 Å². The molecule has 0 spiro atoms. The van der Waals surface area contributed by atoms with Gasteiger partial charge < -0.3 is 4.74 Å². The average Bonchev–Trinajstić information content (AvgIpc) is 1.83. The zero-order chi connectivity index (χ0) is 10.9. The zero-order valence-corrected chi connectivity index (χ0v) is 6.41. The fourth-order valence-corrected chi connectivity index (χ4v) is 0.261. The first-order chi connectivity index (χ1) is 5.58. The number of esters is 1. The largest absolute Gasteiger partial charge is 0.466 e. The molecule has 0 aromatic heterocycles. The smallest absolute Gasteiger partial charge is 0.391 e. The summed E-state index contributed by atoms with van der Waals surface area (Å²) in [5.41, 5.74) is 0. The van der Waals surface area contributed by atoms with Gasteiger partial charge in [-0.05, 0) is 0 Å². The van der Waals surface area contributed by atoms with Crippen LogP contribution in [0.3, 0.4) is 0 Å². The SMILES string of the molecule is C=C(F)C(=O)OC(F)(F)C(C)(F)F. The van der Waals surface area contributed by atoms with Crippen LogP contribution in [0, 0.1) is 0 Å². The summed E-state index contributed by atoms with van der Waals surface area (Å²) in [5, 5.41) is 0. The number of ether oxygens (including phenoxy) is 1. The standard InChI is InChI=1S/C6H5F5O2/c1-3(7)4(12)13-6(10,11)5(2,8)9/h1H2,2H3. The molecule has 2 nitrogen and oxygen atoms in total. The monoisotopic (exact) mass is 204 g/mol. The summed E-state index contributed by atoms with van der Waals surface area (Å²) in [4.78, 5) is 10.1. The summed E-state index contributed by atoms with van der Waals surface area (Å²) in [5.74, 6) is -8.66. The molecule has 0 atom stereocenters. The Bertz CT molecular complexity index is 230. The number of carbonyl (C=O) groups is 1. The fourth-order valence-electron chi connectivity index (χ4n) is 0.261. The highest BCUT2D eigenvalue weighted by Gasteiger charge is 2.56. The van der Waals surface area contributed by atoms with Crippen molar-refractivity contribution in [2.75, 3.05) is 0 Å². The van der Waals surface area contributed by atoms with Crippen molar-refractivity contribution >= 4 is 5.97 Å². The van der Waals surface area contributed by atoms with E-state index in [4.69, 9.17) is 0 Å². The first-order valence-electron chi connectivity index (χ1n) is 2.91. The van der Waals surface area contributed by atoms with Crippen LogP contribution in [-0.2, 0) is 9.53 Å². The predicted molar refractivity (Wildman–Crippen MR) is 31.9 cm³/mol. The van der Waals surface area contributed by atoms with Gasteiger partial charge in [0.25, 0.3) is 0 Å². The van der Waals surface area contributed by atoms with Crippen LogP contribution in [0.2, 0.25) is 0 Å². The molecule has 0 fully saturated rings. The highest BCUT2D eigenvalue weighted by atomic mass is 19.3. The van der Waals surface area contributed by atoms with Crippen molar-refractivity contribution in [3.8, 4) is 0 Å². The van der Waals surface area contributed by atoms with E-state index in [1.165, 1.54) is 0 Å². The van der Waals surface area contributed by atoms with Gasteiger partial charge in [0.05, 0.1) is 0 Å². The third-order valence-corrected chi connectivity index (χ3v) is 0.953. The second-order valence-electron chi connectivity index (χ2n) is 2.20. The molecule has 0 aliphatic carbocycles. The van der Waals surface area contributed by atoms with Gasteiger partial charge in [-0.3, -0.25) is 0 Å². The van der Waals surface area contributed by atoms with Crippen LogP contribution in [-0.4, -0.2) is 18.0 Å². The van der Waals surface area contributed by atoms with Crippen molar-refractivity contribution in [3.05, 3.63) is 12.4 Å². The van der Waals surface area contributed by atoms with E-state index in [9.17, 15) is 26.7 Å². The van der Waals surface area contributed by atoms with Gasteiger partial charge in [-0.1, -0.05) is 6.58 Å². The average molecular weight is 204 g/mol. The molecule has 0 heterocycles. The lowest BCUT2D eigenvalue weighted by atomic mass is 10.3. The predicted octanol–water partition coefficient (Wildman–Crippen LogP) is 2.26. The van der Waals surface area contributed by atoms with Gasteiger partial charge in [0.1, 0.15) is 0 Å². The maximum absolute atomic E-state index is 12.1. The number of carbonyl (C=O) groups excluding carboxylic acids is 1. The Hall–Kier alpha value is -1.14. The molecule has 0 saturated carbocycles. The molecule has 7 heteroatoms. The quantitative estimate of drug-likeness (QED) is 0.400. The van der Waals surface area contributed by atoms with Crippen LogP contribution >= 0.6 is 0 Å². The van der Waals surface area contributed by atoms with Crippen LogP contribution in [0.25, 0.3) is 0 Å². The van der Waals surface area contributed by atoms with E-state index < -0.39 is 23.8 Å². The summed E-state index contributed by atoms with van der Waals surface area (Å²) < 4.78 is 62.8. The van der Waals surface area contributed by atoms with Gasteiger partial charge in [0.15, 0.2) is 0 Å². The molecule has 0 N–H and O–H groups in total. The Balaban J connectivity index is 4.53. The third kappa shape index (κ3) is 3.00. The van der Waals surface area contributed by atoms with Crippen molar-refractivity contribution in [2.45, 2.75) is 19.0 Å². The van der Waals surface area contributed by atoms with Gasteiger partial charge in [-0.15, -0.1) is 0 Å². The highest BCUT2D eigenvalue weighted by Crippen LogP contribution is 2.35. The molecule has 0 aromatic rings. The molecule has 0 amide bonds. The number of hydrogen-bond donors (Lipinski definition) is 0. The lowest BCUT2D eigenvalue weighted by molar-refractivity contribution is -0.323. The number of halogens is 5. The Morgan fingerprint density at radius 2 is 1.69 bits per heavy atom. The third-order valence-electron chi connectivity index (χ3n) is 0.953. The van der Waals surface area contributed by atoms with Crippen LogP contribution in [0.4, 0.5) is 22.0 Å². The molecule has 76 valence electrons. The topological polar surface area (TPSA) is 26.3 Å². The zero-order valence-electron chi connectivity index (χ0n) is 6.41. The van der Waals surface area contributed by atoms with E-state index in [2.05, 4.69) is 11.3 Å². The van der Waals surface area contributed by atoms with E-state index in [0.717, 1.165) is 0 Å². The molecule has 0 unspecified atom stereocenters. The van der Waals surface area contributed by atoms with Crippen molar-refractivity contribution in [2.24, 2.45) is 0 Å². The Morgan fingerprint density at radius 3 is 1.92 bits per heavy atom. The second-order valence-corrected chi connectivity index (χ2v) is 2.20. The Kier molecular flexibility index (Phi) is 3.02. The highest BCUT2D eigenvalue weighted by molar-refractivity contribution is 5.85. The van der Waals surface area contributed by atoms with E-state index >= 15 is 0 Å². The Labute approximate surface area is 70.0 Å². The molecule has 0 aliphatic heterocycles. The first-order valence-corrected chi connectivity index (χ1v) is 2.91. The molecule has 0 radical (unpaired) electrons. The molecule has 0 bridgehead atoms. The Morgan fingerprint density at radius 1 is 1.31 bits per heavy atom. The summed E-state index contributed by atoms with van der Waals surface area (Å²) in [7, 11) is 0. The molecule has 0 rings (SSSR count). The van der Waals surface area contributed by atoms with E-state index in [-0.39, 0.29) is 6.92 Å². The maximum Gasteiger partial charge on any atom is 0.466 e. The second kappa shape index (κ2) is 3.31. The lowest BCUT2D eigenvalue weighted by Gasteiger charge is -2.21. The van der Waals surface area contributed by atoms with Gasteiger partial charge in [-0.2, -0.15) is 22.0 Å². The first kappa shape index (κ1) is 11.9. The summed E-state index contributed by atoms with van der Waals surface area (Å²) >= 11 is 0. The van der Waals surface area contributed by atoms with Gasteiger partial charge in [-0.25, -0.2) is 4.79 Å². The molecular weight excluding hydrogens is 199 g/mol. The lowest BCUT2D eigenvalue weighted by Crippen LogP contribution is -2.41. The number of alkyl halides is 4. The normalized spacial score (nSPS) is 12.5. The van der Waals surface area contributed by atoms with Crippen molar-refractivity contribution in [1.29, 1.82) is 0 Å². The summed E-state index contributed by atoms with van der Waals surface area (Å²) in [6.07, 6.45) is -5.04. The van der Waals surface area contributed by atoms with E-state index in [0.29, 0.717) is 0 Å². The van der Waals surface area contributed by atoms with Crippen molar-refractivity contribution in [1.82, 2.24) is 0 Å². The maximum atomic E-state index is 12.1. The minimum atomic E-state index is -5.04. The molecule has 0 saturated heterocycles. The van der Waals surface area contributed by atoms with Crippen LogP contribution < -0.4 is 0 Å². The number of hydrogen-bond acceptors (Lipinski definition) is 2. The fraction of sp³-hybridized carbons (Fsp3) is 0.500. The molecule has 0 aromatic carbocycles.